The van der Waals surface area contributed by atoms with Gasteiger partial charge in [-0.1, -0.05) is 12.1 Å². The molecule has 0 aliphatic carbocycles. The number of nitrogens with zero attached hydrogens (tertiary/aromatic N) is 1. The monoisotopic (exact) mass is 197 g/mol. The second-order valence-electron chi connectivity index (χ2n) is 2.70. The van der Waals surface area contributed by atoms with Crippen molar-refractivity contribution < 1.29 is 9.53 Å². The fourth-order valence-corrected chi connectivity index (χ4v) is 1.55. The van der Waals surface area contributed by atoms with Crippen molar-refractivity contribution >= 4 is 23.2 Å². The van der Waals surface area contributed by atoms with E-state index in [2.05, 4.69) is 0 Å². The molecule has 1 amide bonds. The molecule has 0 saturated heterocycles. The number of rotatable bonds is 1. The third kappa shape index (κ3) is 1.35. The molecular formula is C9H8ClNO2. The van der Waals surface area contributed by atoms with Gasteiger partial charge in [0.05, 0.1) is 5.69 Å². The molecule has 1 heterocycles. The molecule has 0 unspecified atom stereocenters. The molecule has 2 rings (SSSR count). The number of carbonyl (C=O) groups is 1. The quantitative estimate of drug-likeness (QED) is 0.506. The Morgan fingerprint density at radius 3 is 3.00 bits per heavy atom. The molecule has 13 heavy (non-hydrogen) atoms. The number of anilines is 1. The van der Waals surface area contributed by atoms with Crippen LogP contribution in [0, 0.1) is 0 Å². The molecule has 0 saturated carbocycles. The van der Waals surface area contributed by atoms with Crippen molar-refractivity contribution in [1.29, 1.82) is 0 Å². The number of fused-ring (bicyclic) bond motifs is 1. The van der Waals surface area contributed by atoms with E-state index in [1.54, 1.807) is 0 Å². The molecule has 0 spiro atoms. The first-order valence-corrected chi connectivity index (χ1v) is 4.44. The van der Waals surface area contributed by atoms with Crippen LogP contribution in [0.3, 0.4) is 0 Å². The van der Waals surface area contributed by atoms with Crippen LogP contribution in [0.5, 0.6) is 5.75 Å². The third-order valence-corrected chi connectivity index (χ3v) is 2.17. The lowest BCUT2D eigenvalue weighted by molar-refractivity contribution is -0.121. The van der Waals surface area contributed by atoms with Gasteiger partial charge in [0.15, 0.2) is 6.61 Å². The van der Waals surface area contributed by atoms with Gasteiger partial charge in [-0.2, -0.15) is 0 Å². The first kappa shape index (κ1) is 8.38. The Kier molecular flexibility index (Phi) is 2.10. The summed E-state index contributed by atoms with van der Waals surface area (Å²) in [5.41, 5.74) is 0.744. The van der Waals surface area contributed by atoms with Gasteiger partial charge in [-0.25, -0.2) is 0 Å². The van der Waals surface area contributed by atoms with Crippen molar-refractivity contribution in [3.63, 3.8) is 0 Å². The first-order valence-electron chi connectivity index (χ1n) is 3.91. The van der Waals surface area contributed by atoms with E-state index in [9.17, 15) is 4.79 Å². The minimum Gasteiger partial charge on any atom is -0.482 e. The molecule has 3 nitrogen and oxygen atoms in total. The van der Waals surface area contributed by atoms with Crippen molar-refractivity contribution in [1.82, 2.24) is 0 Å². The lowest BCUT2D eigenvalue weighted by Crippen LogP contribution is -2.37. The Morgan fingerprint density at radius 2 is 2.23 bits per heavy atom. The van der Waals surface area contributed by atoms with Crippen LogP contribution in [-0.2, 0) is 4.79 Å². The van der Waals surface area contributed by atoms with Crippen LogP contribution in [0.4, 0.5) is 5.69 Å². The molecule has 1 aromatic carbocycles. The number of halogens is 1. The van der Waals surface area contributed by atoms with E-state index in [0.717, 1.165) is 5.69 Å². The van der Waals surface area contributed by atoms with Crippen LogP contribution in [0.2, 0.25) is 0 Å². The third-order valence-electron chi connectivity index (χ3n) is 1.93. The lowest BCUT2D eigenvalue weighted by atomic mass is 10.2. The zero-order valence-electron chi connectivity index (χ0n) is 6.87. The van der Waals surface area contributed by atoms with Crippen LogP contribution in [-0.4, -0.2) is 18.5 Å². The van der Waals surface area contributed by atoms with Gasteiger partial charge >= 0.3 is 0 Å². The van der Waals surface area contributed by atoms with Gasteiger partial charge in [-0.15, -0.1) is 11.6 Å². The van der Waals surface area contributed by atoms with E-state index in [4.69, 9.17) is 16.3 Å². The number of benzene rings is 1. The maximum absolute atomic E-state index is 11.3. The highest BCUT2D eigenvalue weighted by Crippen LogP contribution is 2.31. The number of carbonyl (C=O) groups excluding carboxylic acids is 1. The van der Waals surface area contributed by atoms with Crippen molar-refractivity contribution in [2.45, 2.75) is 0 Å². The van der Waals surface area contributed by atoms with Crippen molar-refractivity contribution in [2.24, 2.45) is 0 Å². The minimum absolute atomic E-state index is 0.0731. The van der Waals surface area contributed by atoms with Crippen LogP contribution in [0.1, 0.15) is 0 Å². The second kappa shape index (κ2) is 3.26. The van der Waals surface area contributed by atoms with E-state index >= 15 is 0 Å². The van der Waals surface area contributed by atoms with E-state index in [1.807, 2.05) is 24.3 Å². The Balaban J connectivity index is 2.45. The molecule has 1 aromatic rings. The van der Waals surface area contributed by atoms with Gasteiger partial charge in [0.2, 0.25) is 0 Å². The highest BCUT2D eigenvalue weighted by molar-refractivity contribution is 6.22. The summed E-state index contributed by atoms with van der Waals surface area (Å²) in [6, 6.07) is 7.51. The van der Waals surface area contributed by atoms with Crippen LogP contribution in [0.25, 0.3) is 0 Å². The predicted octanol–water partition coefficient (Wildman–Crippen LogP) is 1.61. The number of ether oxygens (including phenoxy) is 1. The SMILES string of the molecule is O=C1COc2ccccc2N1CCl. The summed E-state index contributed by atoms with van der Waals surface area (Å²) in [5.74, 6) is 0.608. The van der Waals surface area contributed by atoms with Crippen molar-refractivity contribution in [3.8, 4) is 5.75 Å². The molecule has 0 fully saturated rings. The lowest BCUT2D eigenvalue weighted by Gasteiger charge is -2.27. The first-order chi connectivity index (χ1) is 6.33. The van der Waals surface area contributed by atoms with E-state index in [-0.39, 0.29) is 18.5 Å². The van der Waals surface area contributed by atoms with Gasteiger partial charge in [-0.05, 0) is 12.1 Å². The average molecular weight is 198 g/mol. The summed E-state index contributed by atoms with van der Waals surface area (Å²) in [6.07, 6.45) is 0. The van der Waals surface area contributed by atoms with E-state index in [0.29, 0.717) is 5.75 Å². The number of amides is 1. The topological polar surface area (TPSA) is 29.5 Å². The summed E-state index contributed by atoms with van der Waals surface area (Å²) in [7, 11) is 0. The molecule has 68 valence electrons. The Bertz CT molecular complexity index is 340. The fraction of sp³-hybridized carbons (Fsp3) is 0.222. The van der Waals surface area contributed by atoms with Crippen molar-refractivity contribution in [3.05, 3.63) is 24.3 Å². The van der Waals surface area contributed by atoms with Crippen LogP contribution < -0.4 is 9.64 Å². The average Bonchev–Trinajstić information content (AvgIpc) is 2.18. The smallest absolute Gasteiger partial charge is 0.266 e. The molecule has 0 atom stereocenters. The maximum atomic E-state index is 11.3. The van der Waals surface area contributed by atoms with Crippen LogP contribution >= 0.6 is 11.6 Å². The molecule has 0 N–H and O–H groups in total. The highest BCUT2D eigenvalue weighted by atomic mass is 35.5. The normalized spacial score (nSPS) is 15.2. The maximum Gasteiger partial charge on any atom is 0.266 e. The molecule has 0 bridgehead atoms. The largest absolute Gasteiger partial charge is 0.482 e. The van der Waals surface area contributed by atoms with Gasteiger partial charge < -0.3 is 4.74 Å². The number of para-hydroxylation sites is 2. The summed E-state index contributed by atoms with van der Waals surface area (Å²) in [6.45, 7) is 0.0731. The molecule has 1 aliphatic heterocycles. The second-order valence-corrected chi connectivity index (χ2v) is 2.94. The number of hydrogen-bond donors (Lipinski definition) is 0. The van der Waals surface area contributed by atoms with E-state index in [1.165, 1.54) is 4.90 Å². The number of alkyl halides is 1. The zero-order chi connectivity index (χ0) is 9.26. The van der Waals surface area contributed by atoms with Gasteiger partial charge in [0.1, 0.15) is 11.8 Å². The highest BCUT2D eigenvalue weighted by Gasteiger charge is 2.23. The Labute approximate surface area is 80.9 Å². The Morgan fingerprint density at radius 1 is 1.46 bits per heavy atom. The van der Waals surface area contributed by atoms with Gasteiger partial charge in [-0.3, -0.25) is 9.69 Å². The summed E-state index contributed by atoms with van der Waals surface area (Å²) < 4.78 is 5.22. The fourth-order valence-electron chi connectivity index (χ4n) is 1.29. The molecule has 1 aliphatic rings. The predicted molar refractivity (Wildman–Crippen MR) is 50.1 cm³/mol. The standard InChI is InChI=1S/C9H8ClNO2/c10-6-11-7-3-1-2-4-8(7)13-5-9(11)12/h1-4H,5-6H2. The Hall–Kier alpha value is -1.22. The van der Waals surface area contributed by atoms with Crippen molar-refractivity contribution in [2.75, 3.05) is 17.5 Å². The molecule has 0 aromatic heterocycles. The van der Waals surface area contributed by atoms with Gasteiger partial charge in [0.25, 0.3) is 5.91 Å². The molecule has 0 radical (unpaired) electrons. The molecule has 4 heteroatoms. The number of hydrogen-bond acceptors (Lipinski definition) is 2. The van der Waals surface area contributed by atoms with E-state index < -0.39 is 0 Å². The summed E-state index contributed by atoms with van der Waals surface area (Å²) >= 11 is 5.65. The molecular weight excluding hydrogens is 190 g/mol. The zero-order valence-corrected chi connectivity index (χ0v) is 7.62. The summed E-state index contributed by atoms with van der Waals surface area (Å²) in [5, 5.41) is 0. The van der Waals surface area contributed by atoms with Crippen LogP contribution in [0.15, 0.2) is 24.3 Å². The minimum atomic E-state index is -0.103. The summed E-state index contributed by atoms with van der Waals surface area (Å²) in [4.78, 5) is 12.8. The van der Waals surface area contributed by atoms with Gasteiger partial charge in [0, 0.05) is 0 Å².